The number of amides is 2. The van der Waals surface area contributed by atoms with E-state index in [2.05, 4.69) is 10.5 Å². The number of benzene rings is 2. The van der Waals surface area contributed by atoms with Crippen molar-refractivity contribution >= 4 is 28.4 Å². The van der Waals surface area contributed by atoms with Crippen LogP contribution in [0.3, 0.4) is 0 Å². The minimum atomic E-state index is -0.199. The highest BCUT2D eigenvalue weighted by atomic mass is 16.5. The van der Waals surface area contributed by atoms with Crippen molar-refractivity contribution in [1.29, 1.82) is 0 Å². The fourth-order valence-corrected chi connectivity index (χ4v) is 3.49. The van der Waals surface area contributed by atoms with E-state index in [1.54, 1.807) is 30.0 Å². The molecule has 0 radical (unpaired) electrons. The Hall–Kier alpha value is -3.39. The Balaban J connectivity index is 1.35. The second-order valence-corrected chi connectivity index (χ2v) is 7.16. The molecule has 0 spiro atoms. The summed E-state index contributed by atoms with van der Waals surface area (Å²) in [6, 6.07) is 12.6. The third kappa shape index (κ3) is 4.22. The number of nitrogens with one attached hydrogen (secondary N) is 1. The number of hydrogen-bond acceptors (Lipinski definition) is 6. The van der Waals surface area contributed by atoms with Crippen LogP contribution in [0, 0.1) is 6.92 Å². The summed E-state index contributed by atoms with van der Waals surface area (Å²) in [6.07, 6.45) is 0. The molecule has 0 unspecified atom stereocenters. The molecule has 29 heavy (non-hydrogen) atoms. The van der Waals surface area contributed by atoms with Crippen molar-refractivity contribution in [1.82, 2.24) is 15.0 Å². The Morgan fingerprint density at radius 1 is 1.10 bits per heavy atom. The highest BCUT2D eigenvalue weighted by Crippen LogP contribution is 2.26. The van der Waals surface area contributed by atoms with Gasteiger partial charge in [-0.1, -0.05) is 29.4 Å². The van der Waals surface area contributed by atoms with Crippen LogP contribution < -0.4 is 5.32 Å². The molecular weight excluding hydrogens is 372 g/mol. The smallest absolute Gasteiger partial charge is 0.257 e. The predicted octanol–water partition coefficient (Wildman–Crippen LogP) is 2.24. The van der Waals surface area contributed by atoms with Crippen LogP contribution >= 0.6 is 0 Å². The molecule has 1 aliphatic rings. The van der Waals surface area contributed by atoms with Crippen molar-refractivity contribution in [3.8, 4) is 5.75 Å². The van der Waals surface area contributed by atoms with Crippen molar-refractivity contribution < 1.29 is 19.2 Å². The van der Waals surface area contributed by atoms with E-state index >= 15 is 0 Å². The number of aryl methyl sites for hydroxylation is 1. The van der Waals surface area contributed by atoms with E-state index in [1.165, 1.54) is 0 Å². The lowest BCUT2D eigenvalue weighted by Gasteiger charge is -2.34. The lowest BCUT2D eigenvalue weighted by atomic mass is 10.0. The number of aromatic nitrogens is 1. The second-order valence-electron chi connectivity index (χ2n) is 7.16. The van der Waals surface area contributed by atoms with Gasteiger partial charge in [0.1, 0.15) is 11.5 Å². The molecule has 1 saturated heterocycles. The normalized spacial score (nSPS) is 14.9. The van der Waals surface area contributed by atoms with Crippen LogP contribution in [-0.2, 0) is 4.79 Å². The number of phenols is 1. The van der Waals surface area contributed by atoms with Crippen LogP contribution in [-0.4, -0.2) is 64.6 Å². The summed E-state index contributed by atoms with van der Waals surface area (Å²) in [4.78, 5) is 28.7. The maximum absolute atomic E-state index is 12.9. The zero-order chi connectivity index (χ0) is 20.4. The Kier molecular flexibility index (Phi) is 5.18. The van der Waals surface area contributed by atoms with Crippen LogP contribution in [0.1, 0.15) is 16.1 Å². The van der Waals surface area contributed by atoms with Gasteiger partial charge in [-0.15, -0.1) is 0 Å². The minimum absolute atomic E-state index is 0.0154. The van der Waals surface area contributed by atoms with Crippen LogP contribution in [0.2, 0.25) is 0 Å². The Morgan fingerprint density at radius 3 is 2.45 bits per heavy atom. The zero-order valence-corrected chi connectivity index (χ0v) is 16.1. The first-order valence-electron chi connectivity index (χ1n) is 9.46. The summed E-state index contributed by atoms with van der Waals surface area (Å²) < 4.78 is 4.93. The number of nitrogens with zero attached hydrogens (tertiary/aromatic N) is 3. The maximum Gasteiger partial charge on any atom is 0.257 e. The van der Waals surface area contributed by atoms with Gasteiger partial charge < -0.3 is 19.8 Å². The van der Waals surface area contributed by atoms with Crippen molar-refractivity contribution in [2.75, 3.05) is 38.0 Å². The van der Waals surface area contributed by atoms with Gasteiger partial charge in [-0.2, -0.15) is 0 Å². The number of hydrogen-bond donors (Lipinski definition) is 2. The van der Waals surface area contributed by atoms with E-state index in [-0.39, 0.29) is 24.1 Å². The molecule has 8 heteroatoms. The van der Waals surface area contributed by atoms with Gasteiger partial charge in [-0.3, -0.25) is 14.5 Å². The Labute approximate surface area is 167 Å². The van der Waals surface area contributed by atoms with Crippen LogP contribution in [0.15, 0.2) is 47.0 Å². The summed E-state index contributed by atoms with van der Waals surface area (Å²) in [5.74, 6) is 0.636. The summed E-state index contributed by atoms with van der Waals surface area (Å²) in [5.41, 5.74) is 0.302. The fraction of sp³-hybridized carbons (Fsp3) is 0.286. The van der Waals surface area contributed by atoms with E-state index < -0.39 is 0 Å². The molecule has 1 aliphatic heterocycles. The van der Waals surface area contributed by atoms with E-state index in [1.807, 2.05) is 29.2 Å². The molecule has 2 heterocycles. The largest absolute Gasteiger partial charge is 0.507 e. The number of carbonyl (C=O) groups excluding carboxylic acids is 2. The van der Waals surface area contributed by atoms with Gasteiger partial charge in [-0.25, -0.2) is 0 Å². The number of anilines is 1. The van der Waals surface area contributed by atoms with E-state index in [4.69, 9.17) is 4.52 Å². The SMILES string of the molecule is Cc1cc(NC(=O)CN2CCN(C(=O)c3cc4ccccc4cc3O)CC2)no1. The molecule has 2 N–H and O–H groups in total. The van der Waals surface area contributed by atoms with Gasteiger partial charge in [0, 0.05) is 32.2 Å². The average molecular weight is 394 g/mol. The Morgan fingerprint density at radius 2 is 1.79 bits per heavy atom. The fourth-order valence-electron chi connectivity index (χ4n) is 3.49. The highest BCUT2D eigenvalue weighted by Gasteiger charge is 2.25. The minimum Gasteiger partial charge on any atom is -0.507 e. The molecule has 2 aromatic carbocycles. The average Bonchev–Trinajstić information content (AvgIpc) is 3.12. The molecule has 3 aromatic rings. The number of fused-ring (bicyclic) bond motifs is 1. The molecule has 4 rings (SSSR count). The molecule has 150 valence electrons. The first-order valence-corrected chi connectivity index (χ1v) is 9.46. The highest BCUT2D eigenvalue weighted by molar-refractivity contribution is 6.01. The maximum atomic E-state index is 12.9. The Bertz CT molecular complexity index is 1050. The number of phenolic OH excluding ortho intramolecular Hbond substituents is 1. The van der Waals surface area contributed by atoms with Crippen molar-refractivity contribution in [3.05, 3.63) is 53.8 Å². The molecule has 1 aromatic heterocycles. The monoisotopic (exact) mass is 394 g/mol. The molecule has 0 atom stereocenters. The van der Waals surface area contributed by atoms with Gasteiger partial charge >= 0.3 is 0 Å². The number of rotatable bonds is 4. The van der Waals surface area contributed by atoms with Gasteiger partial charge in [-0.05, 0) is 29.8 Å². The number of piperazine rings is 1. The topological polar surface area (TPSA) is 98.9 Å². The third-order valence-electron chi connectivity index (χ3n) is 5.02. The van der Waals surface area contributed by atoms with E-state index in [0.29, 0.717) is 43.3 Å². The summed E-state index contributed by atoms with van der Waals surface area (Å²) >= 11 is 0. The van der Waals surface area contributed by atoms with Crippen LogP contribution in [0.5, 0.6) is 5.75 Å². The summed E-state index contributed by atoms with van der Waals surface area (Å²) in [6.45, 7) is 4.10. The predicted molar refractivity (Wildman–Crippen MR) is 108 cm³/mol. The van der Waals surface area contributed by atoms with Crippen LogP contribution in [0.4, 0.5) is 5.82 Å². The van der Waals surface area contributed by atoms with Gasteiger partial charge in [0.25, 0.3) is 5.91 Å². The standard InChI is InChI=1S/C21H22N4O4/c1-14-10-19(23-29-14)22-20(27)13-24-6-8-25(9-7-24)21(28)17-11-15-4-2-3-5-16(15)12-18(17)26/h2-5,10-12,26H,6-9,13H2,1H3,(H,22,23,27). The number of carbonyl (C=O) groups is 2. The zero-order valence-electron chi connectivity index (χ0n) is 16.1. The summed E-state index contributed by atoms with van der Waals surface area (Å²) in [5, 5.41) is 18.5. The number of aromatic hydroxyl groups is 1. The molecule has 1 fully saturated rings. The molecule has 0 aliphatic carbocycles. The van der Waals surface area contributed by atoms with Gasteiger partial charge in [0.2, 0.25) is 5.91 Å². The lowest BCUT2D eigenvalue weighted by molar-refractivity contribution is -0.117. The van der Waals surface area contributed by atoms with Crippen LogP contribution in [0.25, 0.3) is 10.8 Å². The van der Waals surface area contributed by atoms with E-state index in [0.717, 1.165) is 10.8 Å². The third-order valence-corrected chi connectivity index (χ3v) is 5.02. The van der Waals surface area contributed by atoms with Gasteiger partial charge in [0.05, 0.1) is 12.1 Å². The van der Waals surface area contributed by atoms with Crippen molar-refractivity contribution in [3.63, 3.8) is 0 Å². The van der Waals surface area contributed by atoms with Gasteiger partial charge in [0.15, 0.2) is 5.82 Å². The molecule has 0 bridgehead atoms. The molecule has 0 saturated carbocycles. The summed E-state index contributed by atoms with van der Waals surface area (Å²) in [7, 11) is 0. The van der Waals surface area contributed by atoms with Crippen molar-refractivity contribution in [2.24, 2.45) is 0 Å². The second kappa shape index (κ2) is 7.92. The van der Waals surface area contributed by atoms with E-state index in [9.17, 15) is 14.7 Å². The first-order chi connectivity index (χ1) is 14.0. The van der Waals surface area contributed by atoms with Crippen molar-refractivity contribution in [2.45, 2.75) is 6.92 Å². The quantitative estimate of drug-likeness (QED) is 0.704. The first kappa shape index (κ1) is 18.9. The molecule has 8 nitrogen and oxygen atoms in total. The lowest BCUT2D eigenvalue weighted by Crippen LogP contribution is -2.50. The molecule has 2 amide bonds. The molecular formula is C21H22N4O4.